The van der Waals surface area contributed by atoms with Crippen molar-refractivity contribution in [1.82, 2.24) is 0 Å². The Morgan fingerprint density at radius 2 is 0.719 bits per heavy atom. The van der Waals surface area contributed by atoms with Gasteiger partial charge in [0, 0.05) is 23.0 Å². The van der Waals surface area contributed by atoms with Crippen molar-refractivity contribution in [1.29, 1.82) is 0 Å². The molecule has 1 unspecified atom stereocenters. The number of hydrogen-bond acceptors (Lipinski definition) is 1. The number of nitrogens with zero attached hydrogens (tertiary/aromatic N) is 1. The lowest BCUT2D eigenvalue weighted by molar-refractivity contribution is 0.859. The second kappa shape index (κ2) is 15.1. The number of fused-ring (bicyclic) bond motifs is 2. The smallest absolute Gasteiger partial charge is 0.0462 e. The Hall–Kier alpha value is -7.22. The molecule has 1 aliphatic carbocycles. The van der Waals surface area contributed by atoms with E-state index < -0.39 is 0 Å². The van der Waals surface area contributed by atoms with Crippen molar-refractivity contribution in [2.24, 2.45) is 0 Å². The van der Waals surface area contributed by atoms with Crippen LogP contribution in [0.15, 0.2) is 231 Å². The molecule has 9 aromatic rings. The number of anilines is 3. The average molecular weight is 728 g/mol. The highest BCUT2D eigenvalue weighted by molar-refractivity contribution is 6.06. The molecule has 0 heterocycles. The topological polar surface area (TPSA) is 3.24 Å². The molecule has 0 saturated heterocycles. The molecule has 1 aliphatic rings. The molecule has 0 aromatic heterocycles. The minimum Gasteiger partial charge on any atom is -0.311 e. The van der Waals surface area contributed by atoms with Gasteiger partial charge in [0.05, 0.1) is 0 Å². The number of rotatable bonds is 8. The Balaban J connectivity index is 1.03. The van der Waals surface area contributed by atoms with Gasteiger partial charge in [-0.05, 0) is 127 Å². The van der Waals surface area contributed by atoms with Crippen molar-refractivity contribution in [2.75, 3.05) is 4.90 Å². The van der Waals surface area contributed by atoms with Crippen LogP contribution in [0.1, 0.15) is 29.0 Å². The second-order valence-corrected chi connectivity index (χ2v) is 14.9. The maximum Gasteiger partial charge on any atom is 0.0462 e. The summed E-state index contributed by atoms with van der Waals surface area (Å²) in [5, 5.41) is 5.01. The summed E-state index contributed by atoms with van der Waals surface area (Å²) in [6.45, 7) is 0. The lowest BCUT2D eigenvalue weighted by Crippen LogP contribution is -2.10. The summed E-state index contributed by atoms with van der Waals surface area (Å²) in [6, 6.07) is 79.4. The van der Waals surface area contributed by atoms with Crippen LogP contribution in [0, 0.1) is 0 Å². The summed E-state index contributed by atoms with van der Waals surface area (Å²) < 4.78 is 0. The van der Waals surface area contributed by atoms with Gasteiger partial charge in [0.15, 0.2) is 0 Å². The van der Waals surface area contributed by atoms with Crippen molar-refractivity contribution < 1.29 is 0 Å². The molecule has 1 nitrogen and oxygen atoms in total. The first kappa shape index (κ1) is 34.3. The Bertz CT molecular complexity index is 2760. The van der Waals surface area contributed by atoms with Crippen molar-refractivity contribution in [3.05, 3.63) is 247 Å². The van der Waals surface area contributed by atoms with Crippen LogP contribution in [0.25, 0.3) is 54.9 Å². The summed E-state index contributed by atoms with van der Waals surface area (Å²) in [7, 11) is 0. The van der Waals surface area contributed by atoms with Gasteiger partial charge in [-0.25, -0.2) is 0 Å². The molecular weight excluding hydrogens is 687 g/mol. The molecule has 0 amide bonds. The van der Waals surface area contributed by atoms with Gasteiger partial charge in [-0.3, -0.25) is 0 Å². The normalized spacial score (nSPS) is 13.9. The van der Waals surface area contributed by atoms with E-state index in [4.69, 9.17) is 0 Å². The van der Waals surface area contributed by atoms with Crippen LogP contribution in [-0.4, -0.2) is 0 Å². The van der Waals surface area contributed by atoms with Crippen LogP contribution < -0.4 is 4.90 Å². The fourth-order valence-corrected chi connectivity index (χ4v) is 8.37. The van der Waals surface area contributed by atoms with Crippen molar-refractivity contribution in [3.8, 4) is 22.3 Å². The lowest BCUT2D eigenvalue weighted by Gasteiger charge is -2.27. The zero-order valence-corrected chi connectivity index (χ0v) is 31.7. The van der Waals surface area contributed by atoms with Gasteiger partial charge in [0.2, 0.25) is 0 Å². The number of benzene rings is 9. The highest BCUT2D eigenvalue weighted by Crippen LogP contribution is 2.42. The fraction of sp³-hybridized carbons (Fsp3) is 0.0357. The van der Waals surface area contributed by atoms with Crippen LogP contribution in [0.5, 0.6) is 0 Å². The average Bonchev–Trinajstić information content (AvgIpc) is 3.30. The van der Waals surface area contributed by atoms with Gasteiger partial charge < -0.3 is 4.90 Å². The predicted octanol–water partition coefficient (Wildman–Crippen LogP) is 15.5. The quantitative estimate of drug-likeness (QED) is 0.151. The zero-order chi connectivity index (χ0) is 38.0. The van der Waals surface area contributed by atoms with Crippen LogP contribution in [0.4, 0.5) is 17.1 Å². The van der Waals surface area contributed by atoms with Crippen molar-refractivity contribution in [2.45, 2.75) is 12.3 Å². The van der Waals surface area contributed by atoms with Gasteiger partial charge in [0.25, 0.3) is 0 Å². The summed E-state index contributed by atoms with van der Waals surface area (Å²) in [5.74, 6) is 0.326. The molecule has 0 radical (unpaired) electrons. The molecule has 0 N–H and O–H groups in total. The van der Waals surface area contributed by atoms with E-state index in [1.54, 1.807) is 0 Å². The van der Waals surface area contributed by atoms with Crippen LogP contribution in [0.2, 0.25) is 0 Å². The third kappa shape index (κ3) is 6.97. The van der Waals surface area contributed by atoms with E-state index in [9.17, 15) is 0 Å². The Morgan fingerprint density at radius 1 is 0.316 bits per heavy atom. The van der Waals surface area contributed by atoms with Gasteiger partial charge >= 0.3 is 0 Å². The van der Waals surface area contributed by atoms with Gasteiger partial charge in [-0.2, -0.15) is 0 Å². The minimum absolute atomic E-state index is 0.326. The van der Waals surface area contributed by atoms with E-state index in [1.165, 1.54) is 71.6 Å². The molecule has 0 aliphatic heterocycles. The van der Waals surface area contributed by atoms with E-state index >= 15 is 0 Å². The minimum atomic E-state index is 0.326. The molecule has 1 atom stereocenters. The first-order valence-electron chi connectivity index (χ1n) is 19.9. The number of hydrogen-bond donors (Lipinski definition) is 0. The third-order valence-electron chi connectivity index (χ3n) is 11.4. The fourth-order valence-electron chi connectivity index (χ4n) is 8.37. The molecule has 0 bridgehead atoms. The molecule has 57 heavy (non-hydrogen) atoms. The highest BCUT2D eigenvalue weighted by Gasteiger charge is 2.21. The summed E-state index contributed by atoms with van der Waals surface area (Å²) in [5.41, 5.74) is 14.5. The monoisotopic (exact) mass is 727 g/mol. The van der Waals surface area contributed by atoms with E-state index in [-0.39, 0.29) is 0 Å². The molecular formula is C56H41N. The second-order valence-electron chi connectivity index (χ2n) is 14.9. The van der Waals surface area contributed by atoms with Crippen molar-refractivity contribution in [3.63, 3.8) is 0 Å². The Kier molecular flexibility index (Phi) is 9.10. The Labute approximate surface area is 335 Å². The van der Waals surface area contributed by atoms with Crippen LogP contribution in [0.3, 0.4) is 0 Å². The summed E-state index contributed by atoms with van der Waals surface area (Å²) in [4.78, 5) is 2.37. The van der Waals surface area contributed by atoms with Gasteiger partial charge in [-0.15, -0.1) is 0 Å². The van der Waals surface area contributed by atoms with E-state index in [0.29, 0.717) is 5.92 Å². The van der Waals surface area contributed by atoms with Crippen LogP contribution >= 0.6 is 0 Å². The predicted molar refractivity (Wildman–Crippen MR) is 243 cm³/mol. The van der Waals surface area contributed by atoms with Crippen LogP contribution in [-0.2, 0) is 0 Å². The lowest BCUT2D eigenvalue weighted by atomic mass is 9.81. The number of allylic oxidation sites excluding steroid dienone is 4. The first-order chi connectivity index (χ1) is 28.2. The SMILES string of the molecule is C1=C(c2ccccc2)C(c2ccc(N(c3ccc(-c4ccc5ccccc5c4)cc3)c3ccc(-c4ccc5ccccc5c4)cc3)cc2)=CC(c2ccccc2)C1. The first-order valence-corrected chi connectivity index (χ1v) is 19.9. The largest absolute Gasteiger partial charge is 0.311 e. The maximum atomic E-state index is 2.47. The molecule has 1 heteroatoms. The summed E-state index contributed by atoms with van der Waals surface area (Å²) >= 11 is 0. The molecule has 0 spiro atoms. The molecule has 10 rings (SSSR count). The van der Waals surface area contributed by atoms with Gasteiger partial charge in [-0.1, -0.05) is 182 Å². The standard InChI is InChI=1S/C56H41N/c1-3-11-40(12-4-1)51-29-36-55(45-15-5-2-6-16-45)56(39-51)46-27-34-54(35-28-46)57(52-30-23-43(24-31-52)49-21-19-41-13-7-9-17-47(41)37-49)53-32-25-44(26-33-53)50-22-20-42-14-8-10-18-48(42)38-50/h1-28,30-39,51H,29H2. The summed E-state index contributed by atoms with van der Waals surface area (Å²) in [6.07, 6.45) is 5.88. The third-order valence-corrected chi connectivity index (χ3v) is 11.4. The molecule has 0 fully saturated rings. The molecule has 9 aromatic carbocycles. The highest BCUT2D eigenvalue weighted by atomic mass is 15.1. The van der Waals surface area contributed by atoms with Crippen molar-refractivity contribution >= 4 is 49.8 Å². The van der Waals surface area contributed by atoms with Gasteiger partial charge in [0.1, 0.15) is 0 Å². The molecule has 270 valence electrons. The maximum absolute atomic E-state index is 2.47. The zero-order valence-electron chi connectivity index (χ0n) is 31.7. The Morgan fingerprint density at radius 3 is 1.23 bits per heavy atom. The van der Waals surface area contributed by atoms with E-state index in [1.807, 2.05) is 0 Å². The molecule has 0 saturated carbocycles. The van der Waals surface area contributed by atoms with E-state index in [2.05, 4.69) is 235 Å². The van der Waals surface area contributed by atoms with E-state index in [0.717, 1.165) is 23.5 Å².